The predicted octanol–water partition coefficient (Wildman–Crippen LogP) is 6.19. The molecule has 0 amide bonds. The highest BCUT2D eigenvalue weighted by molar-refractivity contribution is 6.51. The maximum absolute atomic E-state index is 2.34. The lowest BCUT2D eigenvalue weighted by Gasteiger charge is -2.12. The summed E-state index contributed by atoms with van der Waals surface area (Å²) in [5, 5.41) is 7.93. The third kappa shape index (κ3) is 2.32. The van der Waals surface area contributed by atoms with Crippen LogP contribution in [-0.2, 0) is 0 Å². The van der Waals surface area contributed by atoms with Crippen LogP contribution in [0.25, 0.3) is 43.4 Å². The van der Waals surface area contributed by atoms with Crippen LogP contribution in [0.15, 0.2) is 91.0 Å². The SMILES string of the molecule is C[B]c1ccc(-c2ccc3c4ccccc4c4ccccc4c3c2)cc1. The predicted molar refractivity (Wildman–Crippen MR) is 116 cm³/mol. The molecule has 0 aromatic heterocycles. The van der Waals surface area contributed by atoms with Gasteiger partial charge in [0.2, 0.25) is 0 Å². The largest absolute Gasteiger partial charge is 0.148 e. The molecule has 0 nitrogen and oxygen atoms in total. The van der Waals surface area contributed by atoms with Crippen molar-refractivity contribution in [3.63, 3.8) is 0 Å². The second-order valence-electron chi connectivity index (χ2n) is 6.76. The van der Waals surface area contributed by atoms with Crippen molar-refractivity contribution < 1.29 is 0 Å². The fourth-order valence-electron chi connectivity index (χ4n) is 3.96. The Balaban J connectivity index is 1.85. The Morgan fingerprint density at radius 3 is 1.46 bits per heavy atom. The van der Waals surface area contributed by atoms with Crippen LogP contribution in [0.5, 0.6) is 0 Å². The number of fused-ring (bicyclic) bond motifs is 6. The molecule has 121 valence electrons. The summed E-state index contributed by atoms with van der Waals surface area (Å²) in [6.07, 6.45) is 0. The maximum atomic E-state index is 2.34. The van der Waals surface area contributed by atoms with Gasteiger partial charge in [0.15, 0.2) is 0 Å². The van der Waals surface area contributed by atoms with E-state index in [1.54, 1.807) is 0 Å². The van der Waals surface area contributed by atoms with E-state index in [4.69, 9.17) is 0 Å². The molecular weight excluding hydrogens is 311 g/mol. The topological polar surface area (TPSA) is 0 Å². The Hall–Kier alpha value is -3.06. The minimum Gasteiger partial charge on any atom is -0.0881 e. The molecule has 1 radical (unpaired) electrons. The zero-order valence-electron chi connectivity index (χ0n) is 14.7. The average Bonchev–Trinajstić information content (AvgIpc) is 2.74. The van der Waals surface area contributed by atoms with Gasteiger partial charge in [-0.1, -0.05) is 97.2 Å². The molecule has 1 heteroatoms. The molecule has 0 fully saturated rings. The molecule has 5 aromatic rings. The zero-order chi connectivity index (χ0) is 17.5. The van der Waals surface area contributed by atoms with Gasteiger partial charge in [-0.3, -0.25) is 0 Å². The molecule has 0 saturated carbocycles. The summed E-state index contributed by atoms with van der Waals surface area (Å²) in [6, 6.07) is 33.1. The number of hydrogen-bond donors (Lipinski definition) is 0. The summed E-state index contributed by atoms with van der Waals surface area (Å²) >= 11 is 0. The van der Waals surface area contributed by atoms with E-state index in [9.17, 15) is 0 Å². The van der Waals surface area contributed by atoms with Gasteiger partial charge in [-0.25, -0.2) is 0 Å². The molecule has 0 aliphatic heterocycles. The van der Waals surface area contributed by atoms with Crippen LogP contribution >= 0.6 is 0 Å². The Bertz CT molecular complexity index is 1210. The highest BCUT2D eigenvalue weighted by atomic mass is 14.1. The van der Waals surface area contributed by atoms with Crippen LogP contribution in [0, 0.1) is 0 Å². The summed E-state index contributed by atoms with van der Waals surface area (Å²) in [5.41, 5.74) is 3.78. The van der Waals surface area contributed by atoms with Crippen LogP contribution in [0.4, 0.5) is 0 Å². The van der Waals surface area contributed by atoms with Crippen LogP contribution in [0.3, 0.4) is 0 Å². The van der Waals surface area contributed by atoms with E-state index in [1.165, 1.54) is 48.9 Å². The lowest BCUT2D eigenvalue weighted by molar-refractivity contribution is 1.67. The van der Waals surface area contributed by atoms with Gasteiger partial charge in [0.05, 0.1) is 0 Å². The molecule has 26 heavy (non-hydrogen) atoms. The van der Waals surface area contributed by atoms with Crippen molar-refractivity contribution in [1.82, 2.24) is 0 Å². The molecule has 5 aromatic carbocycles. The van der Waals surface area contributed by atoms with Crippen molar-refractivity contribution >= 4 is 45.1 Å². The van der Waals surface area contributed by atoms with E-state index in [-0.39, 0.29) is 0 Å². The van der Waals surface area contributed by atoms with Crippen LogP contribution < -0.4 is 5.46 Å². The maximum Gasteiger partial charge on any atom is 0.148 e. The van der Waals surface area contributed by atoms with Gasteiger partial charge >= 0.3 is 0 Å². The van der Waals surface area contributed by atoms with Crippen molar-refractivity contribution in [3.8, 4) is 11.1 Å². The third-order valence-corrected chi connectivity index (χ3v) is 5.32. The van der Waals surface area contributed by atoms with Gasteiger partial charge in [-0.05, 0) is 49.5 Å². The second-order valence-corrected chi connectivity index (χ2v) is 6.76. The Morgan fingerprint density at radius 2 is 0.923 bits per heavy atom. The van der Waals surface area contributed by atoms with Gasteiger partial charge in [0.1, 0.15) is 7.28 Å². The lowest BCUT2D eigenvalue weighted by Crippen LogP contribution is -2.08. The fraction of sp³-hybridized carbons (Fsp3) is 0.0400. The van der Waals surface area contributed by atoms with Gasteiger partial charge < -0.3 is 0 Å². The standard InChI is InChI=1S/C25H18B/c1-26-19-13-10-17(11-14-19)18-12-15-24-22-8-3-2-6-20(22)21-7-4-5-9-23(21)25(24)16-18/h2-16H,1H3. The second kappa shape index (κ2) is 6.03. The number of rotatable bonds is 2. The van der Waals surface area contributed by atoms with E-state index in [0.717, 1.165) is 0 Å². The molecule has 0 unspecified atom stereocenters. The highest BCUT2D eigenvalue weighted by Crippen LogP contribution is 2.36. The molecule has 0 saturated heterocycles. The van der Waals surface area contributed by atoms with E-state index >= 15 is 0 Å². The Morgan fingerprint density at radius 1 is 0.462 bits per heavy atom. The van der Waals surface area contributed by atoms with Crippen molar-refractivity contribution in [2.75, 3.05) is 0 Å². The first-order valence-electron chi connectivity index (χ1n) is 9.08. The van der Waals surface area contributed by atoms with Gasteiger partial charge in [-0.15, -0.1) is 0 Å². The summed E-state index contributed by atoms with van der Waals surface area (Å²) < 4.78 is 0. The van der Waals surface area contributed by atoms with Gasteiger partial charge in [-0.2, -0.15) is 0 Å². The number of benzene rings is 5. The Labute approximate surface area is 154 Å². The first-order chi connectivity index (χ1) is 12.8. The molecule has 0 aliphatic carbocycles. The molecular formula is C25H18B. The van der Waals surface area contributed by atoms with Gasteiger partial charge in [0.25, 0.3) is 0 Å². The summed E-state index contributed by atoms with van der Waals surface area (Å²) in [6.45, 7) is 2.07. The summed E-state index contributed by atoms with van der Waals surface area (Å²) in [7, 11) is 2.13. The molecule has 0 N–H and O–H groups in total. The molecule has 0 spiro atoms. The molecule has 5 rings (SSSR count). The summed E-state index contributed by atoms with van der Waals surface area (Å²) in [5.74, 6) is 0. The van der Waals surface area contributed by atoms with Crippen LogP contribution in [0.1, 0.15) is 0 Å². The molecule has 0 aliphatic rings. The van der Waals surface area contributed by atoms with Crippen molar-refractivity contribution in [2.24, 2.45) is 0 Å². The first-order valence-corrected chi connectivity index (χ1v) is 9.08. The van der Waals surface area contributed by atoms with E-state index in [0.29, 0.717) is 0 Å². The van der Waals surface area contributed by atoms with E-state index in [1.807, 2.05) is 0 Å². The van der Waals surface area contributed by atoms with E-state index in [2.05, 4.69) is 105 Å². The van der Waals surface area contributed by atoms with Crippen molar-refractivity contribution in [3.05, 3.63) is 91.0 Å². The molecule has 0 atom stereocenters. The lowest BCUT2D eigenvalue weighted by atomic mass is 9.73. The fourth-order valence-corrected chi connectivity index (χ4v) is 3.96. The van der Waals surface area contributed by atoms with E-state index < -0.39 is 0 Å². The van der Waals surface area contributed by atoms with Crippen molar-refractivity contribution in [1.29, 1.82) is 0 Å². The minimum atomic E-state index is 1.26. The number of hydrogen-bond acceptors (Lipinski definition) is 0. The van der Waals surface area contributed by atoms with Crippen LogP contribution in [-0.4, -0.2) is 7.28 Å². The minimum absolute atomic E-state index is 1.26. The normalized spacial score (nSPS) is 11.3. The molecule has 0 bridgehead atoms. The van der Waals surface area contributed by atoms with Crippen molar-refractivity contribution in [2.45, 2.75) is 6.82 Å². The smallest absolute Gasteiger partial charge is 0.0881 e. The molecule has 0 heterocycles. The quantitative estimate of drug-likeness (QED) is 0.267. The monoisotopic (exact) mass is 329 g/mol. The summed E-state index contributed by atoms with van der Waals surface area (Å²) in [4.78, 5) is 0. The first kappa shape index (κ1) is 15.2. The highest BCUT2D eigenvalue weighted by Gasteiger charge is 2.09. The van der Waals surface area contributed by atoms with Gasteiger partial charge in [0, 0.05) is 0 Å². The Kier molecular flexibility index (Phi) is 3.53. The zero-order valence-corrected chi connectivity index (χ0v) is 14.7. The third-order valence-electron chi connectivity index (χ3n) is 5.32. The average molecular weight is 329 g/mol. The van der Waals surface area contributed by atoms with Crippen LogP contribution in [0.2, 0.25) is 6.82 Å².